The number of nitrogens with zero attached hydrogens (tertiary/aromatic N) is 2. The van der Waals surface area contributed by atoms with Gasteiger partial charge in [-0.15, -0.1) is 0 Å². The Labute approximate surface area is 120 Å². The highest BCUT2D eigenvalue weighted by atomic mass is 15.2. The average Bonchev–Trinajstić information content (AvgIpc) is 3.16. The lowest BCUT2D eigenvalue weighted by Gasteiger charge is -2.20. The molecule has 1 heterocycles. The zero-order chi connectivity index (χ0) is 14.3. The second-order valence-corrected chi connectivity index (χ2v) is 6.78. The molecular weight excluding hydrogens is 246 g/mol. The number of rotatable bonds is 3. The summed E-state index contributed by atoms with van der Waals surface area (Å²) in [6.45, 7) is 6.62. The van der Waals surface area contributed by atoms with Crippen molar-refractivity contribution in [3.8, 4) is 0 Å². The minimum Gasteiger partial charge on any atom is -0.384 e. The van der Waals surface area contributed by atoms with Crippen LogP contribution in [0.25, 0.3) is 0 Å². The number of nitrogen functional groups attached to an aromatic ring is 1. The van der Waals surface area contributed by atoms with Crippen LogP contribution in [0.2, 0.25) is 0 Å². The first-order valence-corrected chi connectivity index (χ1v) is 7.38. The van der Waals surface area contributed by atoms with Gasteiger partial charge >= 0.3 is 0 Å². The van der Waals surface area contributed by atoms with Crippen molar-refractivity contribution in [2.45, 2.75) is 51.5 Å². The maximum Gasteiger partial charge on any atom is 0.127 e. The van der Waals surface area contributed by atoms with Crippen LogP contribution >= 0.6 is 0 Å². The number of benzene rings is 1. The van der Waals surface area contributed by atoms with Crippen molar-refractivity contribution in [2.24, 2.45) is 0 Å². The lowest BCUT2D eigenvalue weighted by Crippen LogP contribution is -2.19. The molecule has 1 aliphatic carbocycles. The quantitative estimate of drug-likeness (QED) is 0.923. The first-order chi connectivity index (χ1) is 9.47. The summed E-state index contributed by atoms with van der Waals surface area (Å²) in [5, 5.41) is 0. The fraction of sp³-hybridized carbons (Fsp3) is 0.471. The lowest BCUT2D eigenvalue weighted by molar-refractivity contribution is 0.504. The minimum atomic E-state index is 0.0334. The van der Waals surface area contributed by atoms with Crippen LogP contribution in [-0.4, -0.2) is 9.55 Å². The van der Waals surface area contributed by atoms with Gasteiger partial charge in [-0.1, -0.05) is 51.1 Å². The van der Waals surface area contributed by atoms with Gasteiger partial charge in [0.1, 0.15) is 11.6 Å². The summed E-state index contributed by atoms with van der Waals surface area (Å²) >= 11 is 0. The SMILES string of the molecule is CC(C)(C)c1nc(Cc2ccccc2)c(N)n1C1CC1. The van der Waals surface area contributed by atoms with Crippen molar-refractivity contribution in [3.63, 3.8) is 0 Å². The van der Waals surface area contributed by atoms with Crippen LogP contribution in [0.4, 0.5) is 5.82 Å². The van der Waals surface area contributed by atoms with E-state index in [1.165, 1.54) is 18.4 Å². The smallest absolute Gasteiger partial charge is 0.127 e. The van der Waals surface area contributed by atoms with Gasteiger partial charge in [0.05, 0.1) is 5.69 Å². The molecule has 1 saturated carbocycles. The van der Waals surface area contributed by atoms with Gasteiger partial charge < -0.3 is 10.3 Å². The van der Waals surface area contributed by atoms with Crippen molar-refractivity contribution in [1.82, 2.24) is 9.55 Å². The van der Waals surface area contributed by atoms with Crippen LogP contribution in [0.3, 0.4) is 0 Å². The molecule has 3 nitrogen and oxygen atoms in total. The predicted molar refractivity (Wildman–Crippen MR) is 82.9 cm³/mol. The first kappa shape index (κ1) is 13.2. The Morgan fingerprint density at radius 1 is 1.20 bits per heavy atom. The summed E-state index contributed by atoms with van der Waals surface area (Å²) < 4.78 is 2.28. The Hall–Kier alpha value is -1.77. The normalized spacial score (nSPS) is 15.6. The third-order valence-electron chi connectivity index (χ3n) is 3.82. The van der Waals surface area contributed by atoms with E-state index in [1.54, 1.807) is 0 Å². The van der Waals surface area contributed by atoms with E-state index in [4.69, 9.17) is 10.7 Å². The van der Waals surface area contributed by atoms with E-state index in [-0.39, 0.29) is 5.41 Å². The highest BCUT2D eigenvalue weighted by Crippen LogP contribution is 2.41. The molecule has 0 spiro atoms. The highest BCUT2D eigenvalue weighted by Gasteiger charge is 2.33. The van der Waals surface area contributed by atoms with Gasteiger partial charge in [-0.25, -0.2) is 4.98 Å². The topological polar surface area (TPSA) is 43.8 Å². The first-order valence-electron chi connectivity index (χ1n) is 7.38. The van der Waals surface area contributed by atoms with Crippen LogP contribution in [0, 0.1) is 0 Å². The van der Waals surface area contributed by atoms with E-state index < -0.39 is 0 Å². The number of anilines is 1. The molecule has 1 aliphatic rings. The molecule has 0 radical (unpaired) electrons. The molecular formula is C17H23N3. The van der Waals surface area contributed by atoms with Crippen LogP contribution in [0.5, 0.6) is 0 Å². The zero-order valence-corrected chi connectivity index (χ0v) is 12.6. The zero-order valence-electron chi connectivity index (χ0n) is 12.6. The summed E-state index contributed by atoms with van der Waals surface area (Å²) in [6, 6.07) is 11.0. The molecule has 0 atom stereocenters. The van der Waals surface area contributed by atoms with E-state index in [9.17, 15) is 0 Å². The van der Waals surface area contributed by atoms with E-state index in [0.29, 0.717) is 6.04 Å². The maximum absolute atomic E-state index is 6.39. The second kappa shape index (κ2) is 4.65. The van der Waals surface area contributed by atoms with Gasteiger partial charge in [-0.05, 0) is 18.4 Å². The molecule has 3 rings (SSSR count). The monoisotopic (exact) mass is 269 g/mol. The Bertz CT molecular complexity index is 601. The standard InChI is InChI=1S/C17H23N3/c1-17(2,3)16-19-14(11-12-7-5-4-6-8-12)15(18)20(16)13-9-10-13/h4-8,13H,9-11,18H2,1-3H3. The Morgan fingerprint density at radius 3 is 2.40 bits per heavy atom. The highest BCUT2D eigenvalue weighted by molar-refractivity contribution is 5.43. The van der Waals surface area contributed by atoms with Gasteiger partial charge in [0.2, 0.25) is 0 Å². The molecule has 0 unspecified atom stereocenters. The van der Waals surface area contributed by atoms with Crippen LogP contribution in [0.15, 0.2) is 30.3 Å². The lowest BCUT2D eigenvalue weighted by atomic mass is 9.95. The van der Waals surface area contributed by atoms with Crippen LogP contribution in [-0.2, 0) is 11.8 Å². The van der Waals surface area contributed by atoms with Crippen molar-refractivity contribution in [1.29, 1.82) is 0 Å². The second-order valence-electron chi connectivity index (χ2n) is 6.78. The van der Waals surface area contributed by atoms with Crippen molar-refractivity contribution >= 4 is 5.82 Å². The maximum atomic E-state index is 6.39. The Kier molecular flexibility index (Phi) is 3.08. The van der Waals surface area contributed by atoms with Gasteiger partial charge in [0.25, 0.3) is 0 Å². The molecule has 1 aromatic heterocycles. The molecule has 106 valence electrons. The van der Waals surface area contributed by atoms with Gasteiger partial charge in [-0.2, -0.15) is 0 Å². The summed E-state index contributed by atoms with van der Waals surface area (Å²) in [7, 11) is 0. The fourth-order valence-electron chi connectivity index (χ4n) is 2.64. The van der Waals surface area contributed by atoms with E-state index in [0.717, 1.165) is 23.8 Å². The summed E-state index contributed by atoms with van der Waals surface area (Å²) in [5.74, 6) is 1.99. The molecule has 1 fully saturated rings. The van der Waals surface area contributed by atoms with Gasteiger partial charge in [0, 0.05) is 17.9 Å². The minimum absolute atomic E-state index is 0.0334. The summed E-state index contributed by atoms with van der Waals surface area (Å²) in [6.07, 6.45) is 3.28. The molecule has 1 aromatic carbocycles. The fourth-order valence-corrected chi connectivity index (χ4v) is 2.64. The molecule has 2 aromatic rings. The average molecular weight is 269 g/mol. The Morgan fingerprint density at radius 2 is 1.85 bits per heavy atom. The molecule has 0 saturated heterocycles. The van der Waals surface area contributed by atoms with Crippen molar-refractivity contribution < 1.29 is 0 Å². The molecule has 20 heavy (non-hydrogen) atoms. The summed E-state index contributed by atoms with van der Waals surface area (Å²) in [4.78, 5) is 4.88. The molecule has 3 heteroatoms. The van der Waals surface area contributed by atoms with Gasteiger partial charge in [-0.3, -0.25) is 0 Å². The molecule has 0 bridgehead atoms. The summed E-state index contributed by atoms with van der Waals surface area (Å²) in [5.41, 5.74) is 8.71. The molecule has 0 amide bonds. The number of nitrogens with two attached hydrogens (primary N) is 1. The number of aromatic nitrogens is 2. The van der Waals surface area contributed by atoms with E-state index >= 15 is 0 Å². The van der Waals surface area contributed by atoms with Crippen LogP contribution in [0.1, 0.15) is 56.7 Å². The third kappa shape index (κ3) is 2.45. The molecule has 0 aliphatic heterocycles. The van der Waals surface area contributed by atoms with Gasteiger partial charge in [0.15, 0.2) is 0 Å². The van der Waals surface area contributed by atoms with Crippen molar-refractivity contribution in [3.05, 3.63) is 47.4 Å². The van der Waals surface area contributed by atoms with E-state index in [1.807, 2.05) is 6.07 Å². The van der Waals surface area contributed by atoms with Crippen LogP contribution < -0.4 is 5.73 Å². The number of hydrogen-bond donors (Lipinski definition) is 1. The largest absolute Gasteiger partial charge is 0.384 e. The predicted octanol–water partition coefficient (Wildman–Crippen LogP) is 3.69. The Balaban J connectivity index is 2.00. The molecule has 2 N–H and O–H groups in total. The number of imidazole rings is 1. The van der Waals surface area contributed by atoms with E-state index in [2.05, 4.69) is 49.6 Å². The number of hydrogen-bond acceptors (Lipinski definition) is 2. The third-order valence-corrected chi connectivity index (χ3v) is 3.82. The van der Waals surface area contributed by atoms with Crippen molar-refractivity contribution in [2.75, 3.05) is 5.73 Å².